The molecular weight excluding hydrogens is 212 g/mol. The highest BCUT2D eigenvalue weighted by molar-refractivity contribution is 5.35. The minimum Gasteiger partial charge on any atom is -0.352 e. The summed E-state index contributed by atoms with van der Waals surface area (Å²) in [6, 6.07) is 9.70. The summed E-state index contributed by atoms with van der Waals surface area (Å²) < 4.78 is 2.04. The molecule has 0 saturated heterocycles. The molecule has 0 radical (unpaired) electrons. The molecule has 17 heavy (non-hydrogen) atoms. The first kappa shape index (κ1) is 11.2. The number of nitriles is 1. The van der Waals surface area contributed by atoms with E-state index >= 15 is 0 Å². The molecule has 2 rings (SSSR count). The summed E-state index contributed by atoms with van der Waals surface area (Å²) in [5, 5.41) is 12.1. The van der Waals surface area contributed by atoms with Gasteiger partial charge in [-0.1, -0.05) is 12.1 Å². The highest BCUT2D eigenvalue weighted by Gasteiger charge is 2.00. The third-order valence-electron chi connectivity index (χ3n) is 2.56. The molecule has 86 valence electrons. The Kier molecular flexibility index (Phi) is 3.41. The van der Waals surface area contributed by atoms with Crippen LogP contribution in [0.4, 0.5) is 5.95 Å². The van der Waals surface area contributed by atoms with Crippen LogP contribution in [-0.2, 0) is 13.1 Å². The third kappa shape index (κ3) is 2.64. The van der Waals surface area contributed by atoms with E-state index in [1.54, 1.807) is 12.3 Å². The molecule has 0 atom stereocenters. The van der Waals surface area contributed by atoms with E-state index in [-0.39, 0.29) is 0 Å². The number of aromatic nitrogens is 2. The van der Waals surface area contributed by atoms with E-state index in [0.717, 1.165) is 18.1 Å². The Morgan fingerprint density at radius 3 is 3.12 bits per heavy atom. The van der Waals surface area contributed by atoms with Crippen LogP contribution in [0.2, 0.25) is 0 Å². The standard InChI is InChI=1S/C13H14N4/c1-2-17-7-6-15-13(17)16-10-12-5-3-4-11(8-12)9-14/h3-8H,2,10H2,1H3,(H,15,16). The van der Waals surface area contributed by atoms with E-state index < -0.39 is 0 Å². The molecule has 0 saturated carbocycles. The molecule has 1 N–H and O–H groups in total. The normalized spacial score (nSPS) is 9.88. The number of benzene rings is 1. The maximum absolute atomic E-state index is 8.81. The Labute approximate surface area is 101 Å². The summed E-state index contributed by atoms with van der Waals surface area (Å²) >= 11 is 0. The van der Waals surface area contributed by atoms with Crippen molar-refractivity contribution in [2.24, 2.45) is 0 Å². The van der Waals surface area contributed by atoms with E-state index in [1.807, 2.05) is 29.0 Å². The summed E-state index contributed by atoms with van der Waals surface area (Å²) in [5.41, 5.74) is 1.76. The van der Waals surface area contributed by atoms with Crippen LogP contribution >= 0.6 is 0 Å². The minimum absolute atomic E-state index is 0.673. The van der Waals surface area contributed by atoms with Crippen LogP contribution in [0.15, 0.2) is 36.7 Å². The van der Waals surface area contributed by atoms with Gasteiger partial charge in [-0.25, -0.2) is 4.98 Å². The molecule has 1 aromatic carbocycles. The van der Waals surface area contributed by atoms with Gasteiger partial charge in [0.1, 0.15) is 0 Å². The molecule has 0 bridgehead atoms. The van der Waals surface area contributed by atoms with Crippen molar-refractivity contribution >= 4 is 5.95 Å². The fourth-order valence-electron chi connectivity index (χ4n) is 1.66. The molecule has 4 heteroatoms. The second kappa shape index (κ2) is 5.17. The number of nitrogens with zero attached hydrogens (tertiary/aromatic N) is 3. The second-order valence-electron chi connectivity index (χ2n) is 3.70. The molecule has 0 spiro atoms. The second-order valence-corrected chi connectivity index (χ2v) is 3.70. The van der Waals surface area contributed by atoms with E-state index in [4.69, 9.17) is 5.26 Å². The van der Waals surface area contributed by atoms with Gasteiger partial charge in [0.2, 0.25) is 5.95 Å². The van der Waals surface area contributed by atoms with E-state index in [0.29, 0.717) is 12.1 Å². The number of imidazole rings is 1. The summed E-state index contributed by atoms with van der Waals surface area (Å²) in [4.78, 5) is 4.23. The molecule has 0 aliphatic rings. The molecule has 0 fully saturated rings. The highest BCUT2D eigenvalue weighted by atomic mass is 15.2. The highest BCUT2D eigenvalue weighted by Crippen LogP contribution is 2.08. The van der Waals surface area contributed by atoms with E-state index in [9.17, 15) is 0 Å². The van der Waals surface area contributed by atoms with Gasteiger partial charge in [-0.05, 0) is 24.6 Å². The summed E-state index contributed by atoms with van der Waals surface area (Å²) in [7, 11) is 0. The Morgan fingerprint density at radius 1 is 1.47 bits per heavy atom. The van der Waals surface area contributed by atoms with Gasteiger partial charge in [0.15, 0.2) is 0 Å². The molecule has 0 unspecified atom stereocenters. The number of nitrogens with one attached hydrogen (secondary N) is 1. The van der Waals surface area contributed by atoms with Crippen LogP contribution in [0.25, 0.3) is 0 Å². The van der Waals surface area contributed by atoms with Gasteiger partial charge in [0.05, 0.1) is 11.6 Å². The lowest BCUT2D eigenvalue weighted by Gasteiger charge is -2.07. The van der Waals surface area contributed by atoms with Crippen molar-refractivity contribution in [1.29, 1.82) is 5.26 Å². The fraction of sp³-hybridized carbons (Fsp3) is 0.231. The monoisotopic (exact) mass is 226 g/mol. The third-order valence-corrected chi connectivity index (χ3v) is 2.56. The average molecular weight is 226 g/mol. The van der Waals surface area contributed by atoms with Gasteiger partial charge >= 0.3 is 0 Å². The molecule has 4 nitrogen and oxygen atoms in total. The van der Waals surface area contributed by atoms with Crippen molar-refractivity contribution in [3.63, 3.8) is 0 Å². The molecule has 0 aliphatic carbocycles. The molecule has 0 amide bonds. The maximum Gasteiger partial charge on any atom is 0.203 e. The number of aryl methyl sites for hydroxylation is 1. The summed E-state index contributed by atoms with van der Waals surface area (Å²) in [6.45, 7) is 3.64. The number of hydrogen-bond donors (Lipinski definition) is 1. The molecular formula is C13H14N4. The van der Waals surface area contributed by atoms with Gasteiger partial charge in [-0.15, -0.1) is 0 Å². The predicted molar refractivity (Wildman–Crippen MR) is 66.4 cm³/mol. The number of anilines is 1. The first-order valence-corrected chi connectivity index (χ1v) is 5.57. The smallest absolute Gasteiger partial charge is 0.203 e. The van der Waals surface area contributed by atoms with Crippen LogP contribution in [0.1, 0.15) is 18.1 Å². The zero-order chi connectivity index (χ0) is 12.1. The lowest BCUT2D eigenvalue weighted by molar-refractivity contribution is 0.763. The van der Waals surface area contributed by atoms with Crippen molar-refractivity contribution in [2.75, 3.05) is 5.32 Å². The zero-order valence-electron chi connectivity index (χ0n) is 9.72. The number of hydrogen-bond acceptors (Lipinski definition) is 3. The summed E-state index contributed by atoms with van der Waals surface area (Å²) in [5.74, 6) is 0.856. The van der Waals surface area contributed by atoms with Gasteiger partial charge in [-0.2, -0.15) is 5.26 Å². The van der Waals surface area contributed by atoms with Crippen LogP contribution in [0.3, 0.4) is 0 Å². The average Bonchev–Trinajstić information content (AvgIpc) is 2.84. The first-order valence-electron chi connectivity index (χ1n) is 5.57. The number of rotatable bonds is 4. The fourth-order valence-corrected chi connectivity index (χ4v) is 1.66. The lowest BCUT2D eigenvalue weighted by atomic mass is 10.1. The molecule has 0 aliphatic heterocycles. The maximum atomic E-state index is 8.81. The van der Waals surface area contributed by atoms with Gasteiger partial charge in [0, 0.05) is 25.5 Å². The van der Waals surface area contributed by atoms with Crippen LogP contribution in [0, 0.1) is 11.3 Å². The molecule has 1 heterocycles. The SMILES string of the molecule is CCn1ccnc1NCc1cccc(C#N)c1. The van der Waals surface area contributed by atoms with Crippen molar-refractivity contribution < 1.29 is 0 Å². The molecule has 2 aromatic rings. The topological polar surface area (TPSA) is 53.6 Å². The predicted octanol–water partition coefficient (Wildman–Crippen LogP) is 2.39. The molecule has 1 aromatic heterocycles. The van der Waals surface area contributed by atoms with Crippen molar-refractivity contribution in [3.8, 4) is 6.07 Å². The minimum atomic E-state index is 0.673. The lowest BCUT2D eigenvalue weighted by Crippen LogP contribution is -2.06. The Morgan fingerprint density at radius 2 is 2.35 bits per heavy atom. The van der Waals surface area contributed by atoms with Crippen LogP contribution in [-0.4, -0.2) is 9.55 Å². The van der Waals surface area contributed by atoms with Crippen LogP contribution < -0.4 is 5.32 Å². The first-order chi connectivity index (χ1) is 8.33. The van der Waals surface area contributed by atoms with E-state index in [2.05, 4.69) is 23.3 Å². The Balaban J connectivity index is 2.05. The van der Waals surface area contributed by atoms with Crippen molar-refractivity contribution in [2.45, 2.75) is 20.0 Å². The van der Waals surface area contributed by atoms with E-state index in [1.165, 1.54) is 0 Å². The van der Waals surface area contributed by atoms with Gasteiger partial charge in [-0.3, -0.25) is 0 Å². The van der Waals surface area contributed by atoms with Crippen molar-refractivity contribution in [3.05, 3.63) is 47.8 Å². The van der Waals surface area contributed by atoms with Gasteiger partial charge < -0.3 is 9.88 Å². The largest absolute Gasteiger partial charge is 0.352 e. The zero-order valence-corrected chi connectivity index (χ0v) is 9.72. The van der Waals surface area contributed by atoms with Gasteiger partial charge in [0.25, 0.3) is 0 Å². The Hall–Kier alpha value is -2.28. The summed E-state index contributed by atoms with van der Waals surface area (Å²) in [6.07, 6.45) is 3.71. The quantitative estimate of drug-likeness (QED) is 0.870. The van der Waals surface area contributed by atoms with Crippen molar-refractivity contribution in [1.82, 2.24) is 9.55 Å². The Bertz CT molecular complexity index is 536. The van der Waals surface area contributed by atoms with Crippen LogP contribution in [0.5, 0.6) is 0 Å².